The molecule has 0 radical (unpaired) electrons. The van der Waals surface area contributed by atoms with Crippen LogP contribution >= 0.6 is 12.2 Å². The maximum absolute atomic E-state index is 15.0. The van der Waals surface area contributed by atoms with Crippen molar-refractivity contribution in [2.24, 2.45) is 0 Å². The summed E-state index contributed by atoms with van der Waals surface area (Å²) in [4.78, 5) is 37.7. The molecular formula is C21H23FN6O4S. The van der Waals surface area contributed by atoms with E-state index in [0.29, 0.717) is 44.1 Å². The normalized spacial score (nSPS) is 18.2. The molecule has 1 unspecified atom stereocenters. The number of amides is 2. The zero-order valence-corrected chi connectivity index (χ0v) is 18.8. The van der Waals surface area contributed by atoms with Crippen LogP contribution in [-0.2, 0) is 9.47 Å². The third-order valence-corrected chi connectivity index (χ3v) is 5.78. The lowest BCUT2D eigenvalue weighted by atomic mass is 10.2. The number of methoxy groups -OCH3 is 1. The summed E-state index contributed by atoms with van der Waals surface area (Å²) in [6, 6.07) is 4.65. The second-order valence-electron chi connectivity index (χ2n) is 7.49. The summed E-state index contributed by atoms with van der Waals surface area (Å²) in [7, 11) is 1.45. The van der Waals surface area contributed by atoms with Gasteiger partial charge in [-0.15, -0.1) is 0 Å². The Bertz CT molecular complexity index is 1030. The van der Waals surface area contributed by atoms with E-state index >= 15 is 0 Å². The summed E-state index contributed by atoms with van der Waals surface area (Å²) >= 11 is 4.91. The Hall–Kier alpha value is -3.54. The highest BCUT2D eigenvalue weighted by molar-refractivity contribution is 7.80. The first kappa shape index (κ1) is 22.6. The minimum absolute atomic E-state index is 0.193. The number of hydrogen-bond donors (Lipinski definition) is 1. The molecule has 0 aliphatic carbocycles. The van der Waals surface area contributed by atoms with E-state index in [9.17, 15) is 14.0 Å². The standard InChI is InChI=1S/C21H23FN6O4S/c1-31-20(33)25-11-15-13-28(21(30)32-15)14-2-3-18(16(22)10-14)26-6-8-27(9-7-26)19(29)17-12-23-4-5-24-17/h2-5,10,12,15H,6-9,11,13H2,1H3,(H,25,33). The van der Waals surface area contributed by atoms with Crippen molar-refractivity contribution in [2.75, 3.05) is 56.2 Å². The molecule has 4 rings (SSSR count). The van der Waals surface area contributed by atoms with Crippen molar-refractivity contribution in [1.29, 1.82) is 0 Å². The first-order chi connectivity index (χ1) is 16.0. The van der Waals surface area contributed by atoms with E-state index in [0.717, 1.165) is 0 Å². The molecule has 0 saturated carbocycles. The number of ether oxygens (including phenoxy) is 2. The molecule has 2 aromatic rings. The molecule has 1 aromatic heterocycles. The van der Waals surface area contributed by atoms with Gasteiger partial charge in [-0.2, -0.15) is 0 Å². The maximum Gasteiger partial charge on any atom is 0.414 e. The maximum atomic E-state index is 15.0. The van der Waals surface area contributed by atoms with Crippen LogP contribution in [0.4, 0.5) is 20.6 Å². The van der Waals surface area contributed by atoms with Crippen LogP contribution in [-0.4, -0.2) is 84.5 Å². The Morgan fingerprint density at radius 3 is 2.76 bits per heavy atom. The number of carbonyl (C=O) groups excluding carboxylic acids is 2. The molecule has 12 heteroatoms. The van der Waals surface area contributed by atoms with E-state index in [1.54, 1.807) is 17.0 Å². The third-order valence-electron chi connectivity index (χ3n) is 5.47. The zero-order chi connectivity index (χ0) is 23.4. The lowest BCUT2D eigenvalue weighted by molar-refractivity contribution is 0.0740. The minimum Gasteiger partial charge on any atom is -0.474 e. The van der Waals surface area contributed by atoms with Crippen molar-refractivity contribution < 1.29 is 23.5 Å². The second-order valence-corrected chi connectivity index (χ2v) is 7.87. The summed E-state index contributed by atoms with van der Waals surface area (Å²) < 4.78 is 25.1. The van der Waals surface area contributed by atoms with E-state index in [-0.39, 0.29) is 23.3 Å². The van der Waals surface area contributed by atoms with E-state index in [1.165, 1.54) is 36.7 Å². The van der Waals surface area contributed by atoms with Crippen molar-refractivity contribution in [1.82, 2.24) is 20.2 Å². The molecular weight excluding hydrogens is 451 g/mol. The molecule has 2 aliphatic rings. The van der Waals surface area contributed by atoms with Gasteiger partial charge in [0.2, 0.25) is 0 Å². The van der Waals surface area contributed by atoms with Crippen molar-refractivity contribution in [2.45, 2.75) is 6.10 Å². The number of thiocarbonyl (C=S) groups is 1. The molecule has 2 saturated heterocycles. The molecule has 1 aromatic carbocycles. The molecule has 3 heterocycles. The fourth-order valence-corrected chi connectivity index (χ4v) is 3.83. The van der Waals surface area contributed by atoms with Crippen molar-refractivity contribution in [3.05, 3.63) is 48.3 Å². The largest absolute Gasteiger partial charge is 0.474 e. The van der Waals surface area contributed by atoms with E-state index in [1.807, 2.05) is 4.90 Å². The summed E-state index contributed by atoms with van der Waals surface area (Å²) in [5.41, 5.74) is 1.12. The van der Waals surface area contributed by atoms with Gasteiger partial charge < -0.3 is 24.6 Å². The molecule has 1 N–H and O–H groups in total. The average Bonchev–Trinajstić information content (AvgIpc) is 3.23. The summed E-state index contributed by atoms with van der Waals surface area (Å²) in [5.74, 6) is -0.641. The predicted octanol–water partition coefficient (Wildman–Crippen LogP) is 1.42. The van der Waals surface area contributed by atoms with Crippen LogP contribution < -0.4 is 15.1 Å². The number of anilines is 2. The van der Waals surface area contributed by atoms with E-state index in [2.05, 4.69) is 15.3 Å². The average molecular weight is 475 g/mol. The minimum atomic E-state index is -0.548. The van der Waals surface area contributed by atoms with Crippen molar-refractivity contribution in [3.63, 3.8) is 0 Å². The molecule has 2 amide bonds. The number of halogens is 1. The Balaban J connectivity index is 1.36. The smallest absolute Gasteiger partial charge is 0.414 e. The zero-order valence-electron chi connectivity index (χ0n) is 17.9. The van der Waals surface area contributed by atoms with Crippen LogP contribution in [0.25, 0.3) is 0 Å². The van der Waals surface area contributed by atoms with Gasteiger partial charge in [-0.05, 0) is 30.4 Å². The molecule has 2 aliphatic heterocycles. The van der Waals surface area contributed by atoms with Crippen LogP contribution in [0.5, 0.6) is 0 Å². The number of piperazine rings is 1. The molecule has 174 valence electrons. The molecule has 0 bridgehead atoms. The Morgan fingerprint density at radius 2 is 2.09 bits per heavy atom. The van der Waals surface area contributed by atoms with Gasteiger partial charge in [0.1, 0.15) is 17.6 Å². The highest BCUT2D eigenvalue weighted by Gasteiger charge is 2.33. The molecule has 33 heavy (non-hydrogen) atoms. The van der Waals surface area contributed by atoms with Crippen LogP contribution in [0.1, 0.15) is 10.5 Å². The number of nitrogens with zero attached hydrogens (tertiary/aromatic N) is 5. The lowest BCUT2D eigenvalue weighted by Gasteiger charge is -2.36. The fourth-order valence-electron chi connectivity index (χ4n) is 3.75. The number of cyclic esters (lactones) is 1. The molecule has 10 nitrogen and oxygen atoms in total. The van der Waals surface area contributed by atoms with Gasteiger partial charge in [0.05, 0.1) is 37.8 Å². The highest BCUT2D eigenvalue weighted by Crippen LogP contribution is 2.28. The number of hydrogen-bond acceptors (Lipinski definition) is 8. The second kappa shape index (κ2) is 9.94. The van der Waals surface area contributed by atoms with Crippen LogP contribution in [0.3, 0.4) is 0 Å². The Kier molecular flexibility index (Phi) is 6.82. The van der Waals surface area contributed by atoms with Gasteiger partial charge in [-0.3, -0.25) is 14.7 Å². The van der Waals surface area contributed by atoms with Gasteiger partial charge in [0.25, 0.3) is 11.1 Å². The number of rotatable bonds is 5. The predicted molar refractivity (Wildman–Crippen MR) is 122 cm³/mol. The van der Waals surface area contributed by atoms with Crippen molar-refractivity contribution >= 4 is 40.8 Å². The monoisotopic (exact) mass is 474 g/mol. The SMILES string of the molecule is COC(=S)NCC1CN(c2ccc(N3CCN(C(=O)c4cnccn4)CC3)c(F)c2)C(=O)O1. The van der Waals surface area contributed by atoms with Crippen LogP contribution in [0.2, 0.25) is 0 Å². The third kappa shape index (κ3) is 5.11. The first-order valence-electron chi connectivity index (χ1n) is 10.4. The topological polar surface area (TPSA) is 100 Å². The van der Waals surface area contributed by atoms with Gasteiger partial charge in [0.15, 0.2) is 0 Å². The highest BCUT2D eigenvalue weighted by atomic mass is 32.1. The Labute approximate surface area is 195 Å². The summed E-state index contributed by atoms with van der Waals surface area (Å²) in [5, 5.41) is 3.05. The van der Waals surface area contributed by atoms with Crippen LogP contribution in [0.15, 0.2) is 36.8 Å². The van der Waals surface area contributed by atoms with E-state index in [4.69, 9.17) is 21.7 Å². The number of aromatic nitrogens is 2. The Morgan fingerprint density at radius 1 is 1.30 bits per heavy atom. The van der Waals surface area contributed by atoms with E-state index < -0.39 is 18.0 Å². The first-order valence-corrected chi connectivity index (χ1v) is 10.8. The van der Waals surface area contributed by atoms with Gasteiger partial charge in [-0.1, -0.05) is 0 Å². The van der Waals surface area contributed by atoms with Gasteiger partial charge in [0, 0.05) is 38.6 Å². The fraction of sp³-hybridized carbons (Fsp3) is 0.381. The van der Waals surface area contributed by atoms with Gasteiger partial charge >= 0.3 is 6.09 Å². The summed E-state index contributed by atoms with van der Waals surface area (Å²) in [6.07, 6.45) is 3.44. The molecule has 2 fully saturated rings. The molecule has 1 atom stereocenters. The summed E-state index contributed by atoms with van der Waals surface area (Å²) in [6.45, 7) is 2.38. The number of nitrogens with one attached hydrogen (secondary N) is 1. The number of benzene rings is 1. The lowest BCUT2D eigenvalue weighted by Crippen LogP contribution is -2.49. The van der Waals surface area contributed by atoms with Crippen LogP contribution in [0, 0.1) is 5.82 Å². The quantitative estimate of drug-likeness (QED) is 0.645. The van der Waals surface area contributed by atoms with Crippen molar-refractivity contribution in [3.8, 4) is 0 Å². The van der Waals surface area contributed by atoms with Gasteiger partial charge in [-0.25, -0.2) is 14.2 Å². The molecule has 0 spiro atoms. The number of carbonyl (C=O) groups is 2.